The van der Waals surface area contributed by atoms with Gasteiger partial charge in [-0.2, -0.15) is 0 Å². The minimum Gasteiger partial charge on any atom is -0.368 e. The highest BCUT2D eigenvalue weighted by Crippen LogP contribution is 2.36. The SMILES string of the molecule is CC(c1ccccc1)C(NC(=O)CC1CCc2cc(Br)ccc21)C(N)=O. The monoisotopic (exact) mass is 414 g/mol. The Morgan fingerprint density at radius 2 is 1.96 bits per heavy atom. The van der Waals surface area contributed by atoms with Gasteiger partial charge in [0.15, 0.2) is 0 Å². The van der Waals surface area contributed by atoms with Crippen LogP contribution in [0, 0.1) is 0 Å². The molecule has 2 aromatic carbocycles. The van der Waals surface area contributed by atoms with E-state index in [1.54, 1.807) is 0 Å². The first-order valence-corrected chi connectivity index (χ1v) is 9.67. The van der Waals surface area contributed by atoms with Crippen molar-refractivity contribution in [2.45, 2.75) is 44.1 Å². The molecular weight excluding hydrogens is 392 g/mol. The van der Waals surface area contributed by atoms with Gasteiger partial charge in [0.05, 0.1) is 0 Å². The zero-order valence-electron chi connectivity index (χ0n) is 14.7. The lowest BCUT2D eigenvalue weighted by Crippen LogP contribution is -2.47. The molecule has 3 unspecified atom stereocenters. The highest BCUT2D eigenvalue weighted by atomic mass is 79.9. The molecule has 3 rings (SSSR count). The van der Waals surface area contributed by atoms with Crippen LogP contribution in [0.5, 0.6) is 0 Å². The van der Waals surface area contributed by atoms with Gasteiger partial charge in [-0.25, -0.2) is 0 Å². The van der Waals surface area contributed by atoms with Gasteiger partial charge in [-0.1, -0.05) is 59.3 Å². The molecule has 3 atom stereocenters. The molecule has 2 aromatic rings. The van der Waals surface area contributed by atoms with E-state index in [1.165, 1.54) is 11.1 Å². The fourth-order valence-electron chi connectivity index (χ4n) is 3.73. The molecular formula is C21H23BrN2O2. The van der Waals surface area contributed by atoms with Gasteiger partial charge in [0, 0.05) is 16.8 Å². The summed E-state index contributed by atoms with van der Waals surface area (Å²) >= 11 is 3.49. The van der Waals surface area contributed by atoms with Gasteiger partial charge in [0.1, 0.15) is 6.04 Å². The van der Waals surface area contributed by atoms with Crippen LogP contribution in [-0.2, 0) is 16.0 Å². The Morgan fingerprint density at radius 3 is 2.65 bits per heavy atom. The molecule has 5 heteroatoms. The normalized spacial score (nSPS) is 18.0. The smallest absolute Gasteiger partial charge is 0.240 e. The number of carbonyl (C=O) groups is 2. The van der Waals surface area contributed by atoms with Crippen LogP contribution in [-0.4, -0.2) is 17.9 Å². The number of hydrogen-bond donors (Lipinski definition) is 2. The second kappa shape index (κ2) is 8.04. The lowest BCUT2D eigenvalue weighted by Gasteiger charge is -2.23. The molecule has 2 amide bonds. The highest BCUT2D eigenvalue weighted by Gasteiger charge is 2.29. The molecule has 0 aromatic heterocycles. The van der Waals surface area contributed by atoms with Crippen molar-refractivity contribution in [2.24, 2.45) is 5.73 Å². The predicted octanol–water partition coefficient (Wildman–Crippen LogP) is 3.64. The van der Waals surface area contributed by atoms with E-state index in [4.69, 9.17) is 5.73 Å². The highest BCUT2D eigenvalue weighted by molar-refractivity contribution is 9.10. The standard InChI is InChI=1S/C21H23BrN2O2/c1-13(14-5-3-2-4-6-14)20(21(23)26)24-19(25)12-16-8-7-15-11-17(22)9-10-18(15)16/h2-6,9-11,13,16,20H,7-8,12H2,1H3,(H2,23,26)(H,24,25). The van der Waals surface area contributed by atoms with Crippen molar-refractivity contribution in [1.29, 1.82) is 0 Å². The van der Waals surface area contributed by atoms with Crippen LogP contribution in [0.2, 0.25) is 0 Å². The van der Waals surface area contributed by atoms with Crippen LogP contribution in [0.3, 0.4) is 0 Å². The molecule has 1 aliphatic carbocycles. The van der Waals surface area contributed by atoms with Crippen LogP contribution < -0.4 is 11.1 Å². The van der Waals surface area contributed by atoms with Crippen LogP contribution in [0.25, 0.3) is 0 Å². The summed E-state index contributed by atoms with van der Waals surface area (Å²) in [5.41, 5.74) is 9.07. The Kier molecular flexibility index (Phi) is 5.77. The topological polar surface area (TPSA) is 72.2 Å². The summed E-state index contributed by atoms with van der Waals surface area (Å²) in [6.07, 6.45) is 2.31. The molecule has 26 heavy (non-hydrogen) atoms. The van der Waals surface area contributed by atoms with Crippen LogP contribution >= 0.6 is 15.9 Å². The van der Waals surface area contributed by atoms with E-state index in [9.17, 15) is 9.59 Å². The fourth-order valence-corrected chi connectivity index (χ4v) is 4.14. The van der Waals surface area contributed by atoms with Crippen molar-refractivity contribution in [3.8, 4) is 0 Å². The number of amides is 2. The minimum absolute atomic E-state index is 0.127. The molecule has 136 valence electrons. The van der Waals surface area contributed by atoms with E-state index in [1.807, 2.05) is 43.3 Å². The molecule has 0 heterocycles. The summed E-state index contributed by atoms with van der Waals surface area (Å²) in [5.74, 6) is -0.620. The number of rotatable bonds is 6. The van der Waals surface area contributed by atoms with Gasteiger partial charge in [0.2, 0.25) is 11.8 Å². The first-order valence-electron chi connectivity index (χ1n) is 8.87. The van der Waals surface area contributed by atoms with Crippen molar-refractivity contribution in [3.05, 3.63) is 69.7 Å². The first-order chi connectivity index (χ1) is 12.5. The number of carbonyl (C=O) groups excluding carboxylic acids is 2. The van der Waals surface area contributed by atoms with Gasteiger partial charge < -0.3 is 11.1 Å². The molecule has 0 aliphatic heterocycles. The number of nitrogens with two attached hydrogens (primary N) is 1. The maximum atomic E-state index is 12.6. The van der Waals surface area contributed by atoms with Crippen molar-refractivity contribution in [3.63, 3.8) is 0 Å². The molecule has 0 spiro atoms. The van der Waals surface area contributed by atoms with E-state index in [0.29, 0.717) is 6.42 Å². The van der Waals surface area contributed by atoms with Crippen LogP contribution in [0.1, 0.15) is 48.3 Å². The number of fused-ring (bicyclic) bond motifs is 1. The molecule has 0 saturated heterocycles. The van der Waals surface area contributed by atoms with E-state index >= 15 is 0 Å². The summed E-state index contributed by atoms with van der Waals surface area (Å²) < 4.78 is 1.06. The Hall–Kier alpha value is -2.14. The minimum atomic E-state index is -0.712. The summed E-state index contributed by atoms with van der Waals surface area (Å²) in [7, 11) is 0. The van der Waals surface area contributed by atoms with Crippen LogP contribution in [0.4, 0.5) is 0 Å². The maximum absolute atomic E-state index is 12.6. The predicted molar refractivity (Wildman–Crippen MR) is 106 cm³/mol. The van der Waals surface area contributed by atoms with E-state index in [-0.39, 0.29) is 17.7 Å². The van der Waals surface area contributed by atoms with Gasteiger partial charge in [0.25, 0.3) is 0 Å². The largest absolute Gasteiger partial charge is 0.368 e. The third kappa shape index (κ3) is 4.15. The van der Waals surface area contributed by atoms with E-state index in [2.05, 4.69) is 33.4 Å². The molecule has 0 fully saturated rings. The van der Waals surface area contributed by atoms with Crippen molar-refractivity contribution in [1.82, 2.24) is 5.32 Å². The third-order valence-corrected chi connectivity index (χ3v) is 5.68. The average molecular weight is 415 g/mol. The number of benzene rings is 2. The van der Waals surface area contributed by atoms with E-state index in [0.717, 1.165) is 22.9 Å². The van der Waals surface area contributed by atoms with E-state index < -0.39 is 11.9 Å². The lowest BCUT2D eigenvalue weighted by molar-refractivity contribution is -0.128. The quantitative estimate of drug-likeness (QED) is 0.756. The Bertz CT molecular complexity index is 807. The molecule has 3 N–H and O–H groups in total. The van der Waals surface area contributed by atoms with Crippen molar-refractivity contribution in [2.75, 3.05) is 0 Å². The zero-order valence-corrected chi connectivity index (χ0v) is 16.3. The number of nitrogens with one attached hydrogen (secondary N) is 1. The molecule has 4 nitrogen and oxygen atoms in total. The third-order valence-electron chi connectivity index (χ3n) is 5.19. The second-order valence-electron chi connectivity index (χ2n) is 6.93. The van der Waals surface area contributed by atoms with Gasteiger partial charge >= 0.3 is 0 Å². The van der Waals surface area contributed by atoms with Crippen molar-refractivity contribution >= 4 is 27.7 Å². The van der Waals surface area contributed by atoms with Crippen LogP contribution in [0.15, 0.2) is 53.0 Å². The number of hydrogen-bond acceptors (Lipinski definition) is 2. The number of aryl methyl sites for hydroxylation is 1. The molecule has 0 radical (unpaired) electrons. The molecule has 0 saturated carbocycles. The molecule has 1 aliphatic rings. The summed E-state index contributed by atoms with van der Waals surface area (Å²) in [6.45, 7) is 1.91. The Morgan fingerprint density at radius 1 is 1.23 bits per heavy atom. The summed E-state index contributed by atoms with van der Waals surface area (Å²) in [4.78, 5) is 24.5. The fraction of sp³-hybridized carbons (Fsp3) is 0.333. The number of primary amides is 1. The Balaban J connectivity index is 1.67. The van der Waals surface area contributed by atoms with Gasteiger partial charge in [-0.15, -0.1) is 0 Å². The zero-order chi connectivity index (χ0) is 18.7. The van der Waals surface area contributed by atoms with Gasteiger partial charge in [-0.05, 0) is 47.6 Å². The maximum Gasteiger partial charge on any atom is 0.240 e. The summed E-state index contributed by atoms with van der Waals surface area (Å²) in [6, 6.07) is 15.1. The molecule has 0 bridgehead atoms. The van der Waals surface area contributed by atoms with Gasteiger partial charge in [-0.3, -0.25) is 9.59 Å². The summed E-state index contributed by atoms with van der Waals surface area (Å²) in [5, 5.41) is 2.86. The van der Waals surface area contributed by atoms with Crippen molar-refractivity contribution < 1.29 is 9.59 Å². The first kappa shape index (κ1) is 18.6. The Labute approximate surface area is 162 Å². The second-order valence-corrected chi connectivity index (χ2v) is 7.85. The lowest BCUT2D eigenvalue weighted by atomic mass is 9.92. The average Bonchev–Trinajstić information content (AvgIpc) is 3.01. The number of halogens is 1.